The van der Waals surface area contributed by atoms with Crippen LogP contribution in [-0.4, -0.2) is 18.1 Å². The van der Waals surface area contributed by atoms with E-state index in [0.717, 1.165) is 24.6 Å². The lowest BCUT2D eigenvalue weighted by molar-refractivity contribution is 0.221. The van der Waals surface area contributed by atoms with Gasteiger partial charge in [-0.3, -0.25) is 0 Å². The number of aromatic nitrogens is 1. The second-order valence-electron chi connectivity index (χ2n) is 4.98. The molecule has 4 heteroatoms. The van der Waals surface area contributed by atoms with Crippen molar-refractivity contribution in [3.63, 3.8) is 0 Å². The molecule has 1 unspecified atom stereocenters. The van der Waals surface area contributed by atoms with Crippen LogP contribution in [0.15, 0.2) is 42.5 Å². The first kappa shape index (κ1) is 12.9. The highest BCUT2D eigenvalue weighted by atomic mass is 19.1. The highest BCUT2D eigenvalue weighted by Gasteiger charge is 2.17. The van der Waals surface area contributed by atoms with Crippen LogP contribution in [0.1, 0.15) is 25.1 Å². The van der Waals surface area contributed by atoms with Crippen LogP contribution in [0.4, 0.5) is 10.2 Å². The van der Waals surface area contributed by atoms with E-state index in [2.05, 4.69) is 9.88 Å². The Morgan fingerprint density at radius 3 is 2.70 bits per heavy atom. The third kappa shape index (κ3) is 2.74. The van der Waals surface area contributed by atoms with Crippen LogP contribution in [0.3, 0.4) is 0 Å². The van der Waals surface area contributed by atoms with Crippen LogP contribution in [-0.2, 0) is 0 Å². The topological polar surface area (TPSA) is 25.4 Å². The highest BCUT2D eigenvalue weighted by Crippen LogP contribution is 2.24. The molecule has 0 amide bonds. The van der Waals surface area contributed by atoms with Crippen LogP contribution in [0.5, 0.6) is 5.75 Å². The minimum absolute atomic E-state index is 0.210. The first-order chi connectivity index (χ1) is 9.72. The summed E-state index contributed by atoms with van der Waals surface area (Å²) in [5.74, 6) is 1.22. The number of ether oxygens (including phenoxy) is 1. The first-order valence-electron chi connectivity index (χ1n) is 6.86. The van der Waals surface area contributed by atoms with Gasteiger partial charge in [-0.15, -0.1) is 0 Å². The van der Waals surface area contributed by atoms with Gasteiger partial charge in [-0.1, -0.05) is 12.1 Å². The van der Waals surface area contributed by atoms with Gasteiger partial charge in [0.2, 0.25) is 0 Å². The van der Waals surface area contributed by atoms with Gasteiger partial charge in [-0.05, 0) is 37.6 Å². The van der Waals surface area contributed by atoms with E-state index >= 15 is 0 Å². The van der Waals surface area contributed by atoms with Crippen LogP contribution in [0.2, 0.25) is 0 Å². The molecule has 0 N–H and O–H groups in total. The SMILES string of the molecule is CC(Oc1cccc(F)c1)c1cccc(N2CCC2)n1. The summed E-state index contributed by atoms with van der Waals surface area (Å²) < 4.78 is 18.9. The summed E-state index contributed by atoms with van der Waals surface area (Å²) in [7, 11) is 0. The van der Waals surface area contributed by atoms with E-state index in [0.29, 0.717) is 5.75 Å². The summed E-state index contributed by atoms with van der Waals surface area (Å²) in [4.78, 5) is 6.85. The van der Waals surface area contributed by atoms with Crippen molar-refractivity contribution in [3.8, 4) is 5.75 Å². The fourth-order valence-electron chi connectivity index (χ4n) is 2.19. The molecule has 104 valence electrons. The summed E-state index contributed by atoms with van der Waals surface area (Å²) in [5.41, 5.74) is 0.860. The zero-order valence-corrected chi connectivity index (χ0v) is 11.4. The van der Waals surface area contributed by atoms with Crippen molar-refractivity contribution in [3.05, 3.63) is 54.0 Å². The minimum atomic E-state index is -0.294. The number of hydrogen-bond donors (Lipinski definition) is 0. The Kier molecular flexibility index (Phi) is 3.54. The molecule has 20 heavy (non-hydrogen) atoms. The Labute approximate surface area is 118 Å². The van der Waals surface area contributed by atoms with Crippen molar-refractivity contribution in [2.24, 2.45) is 0 Å². The maximum Gasteiger partial charge on any atom is 0.138 e. The van der Waals surface area contributed by atoms with E-state index in [9.17, 15) is 4.39 Å². The molecule has 0 bridgehead atoms. The van der Waals surface area contributed by atoms with Crippen molar-refractivity contribution in [1.29, 1.82) is 0 Å². The molecular weight excluding hydrogens is 255 g/mol. The molecule has 0 spiro atoms. The molecule has 1 aliphatic heterocycles. The number of rotatable bonds is 4. The number of halogens is 1. The second kappa shape index (κ2) is 5.49. The van der Waals surface area contributed by atoms with Gasteiger partial charge in [0.15, 0.2) is 0 Å². The van der Waals surface area contributed by atoms with E-state index < -0.39 is 0 Å². The molecule has 1 fully saturated rings. The largest absolute Gasteiger partial charge is 0.484 e. The molecule has 3 rings (SSSR count). The van der Waals surface area contributed by atoms with E-state index in [4.69, 9.17) is 4.74 Å². The predicted octanol–water partition coefficient (Wildman–Crippen LogP) is 3.57. The van der Waals surface area contributed by atoms with Gasteiger partial charge in [0.25, 0.3) is 0 Å². The van der Waals surface area contributed by atoms with Gasteiger partial charge in [-0.25, -0.2) is 9.37 Å². The van der Waals surface area contributed by atoms with Crippen molar-refractivity contribution in [2.75, 3.05) is 18.0 Å². The van der Waals surface area contributed by atoms with Gasteiger partial charge in [0, 0.05) is 19.2 Å². The summed E-state index contributed by atoms with van der Waals surface area (Å²) >= 11 is 0. The Morgan fingerprint density at radius 1 is 1.20 bits per heavy atom. The maximum atomic E-state index is 13.1. The number of pyridine rings is 1. The van der Waals surface area contributed by atoms with E-state index in [1.807, 2.05) is 25.1 Å². The molecule has 0 aliphatic carbocycles. The standard InChI is InChI=1S/C16H17FN2O/c1-12(20-14-6-2-5-13(17)11-14)15-7-3-8-16(18-15)19-9-4-10-19/h2-3,5-8,11-12H,4,9-10H2,1H3. The second-order valence-corrected chi connectivity index (χ2v) is 4.98. The third-order valence-electron chi connectivity index (χ3n) is 3.46. The van der Waals surface area contributed by atoms with Crippen LogP contribution < -0.4 is 9.64 Å². The minimum Gasteiger partial charge on any atom is -0.484 e. The Bertz CT molecular complexity index is 599. The summed E-state index contributed by atoms with van der Waals surface area (Å²) in [6, 6.07) is 12.1. The number of benzene rings is 1. The Morgan fingerprint density at radius 2 is 2.00 bits per heavy atom. The van der Waals surface area contributed by atoms with Gasteiger partial charge < -0.3 is 9.64 Å². The molecule has 1 aromatic carbocycles. The molecule has 1 aliphatic rings. The van der Waals surface area contributed by atoms with Crippen molar-refractivity contribution in [1.82, 2.24) is 4.98 Å². The smallest absolute Gasteiger partial charge is 0.138 e. The lowest BCUT2D eigenvalue weighted by atomic mass is 10.2. The van der Waals surface area contributed by atoms with E-state index in [1.54, 1.807) is 12.1 Å². The Balaban J connectivity index is 1.74. The van der Waals surface area contributed by atoms with Gasteiger partial charge >= 0.3 is 0 Å². The lowest BCUT2D eigenvalue weighted by Gasteiger charge is -2.32. The summed E-state index contributed by atoms with van der Waals surface area (Å²) in [6.45, 7) is 4.05. The normalized spacial score (nSPS) is 15.6. The fourth-order valence-corrected chi connectivity index (χ4v) is 2.19. The molecule has 2 heterocycles. The monoisotopic (exact) mass is 272 g/mol. The molecule has 0 radical (unpaired) electrons. The van der Waals surface area contributed by atoms with Crippen molar-refractivity contribution >= 4 is 5.82 Å². The number of nitrogens with zero attached hydrogens (tertiary/aromatic N) is 2. The lowest BCUT2D eigenvalue weighted by Crippen LogP contribution is -2.37. The fraction of sp³-hybridized carbons (Fsp3) is 0.312. The predicted molar refractivity (Wildman–Crippen MR) is 76.5 cm³/mol. The van der Waals surface area contributed by atoms with E-state index in [1.165, 1.54) is 18.6 Å². The van der Waals surface area contributed by atoms with Crippen LogP contribution >= 0.6 is 0 Å². The van der Waals surface area contributed by atoms with Gasteiger partial charge in [0.1, 0.15) is 23.5 Å². The molecule has 1 saturated heterocycles. The first-order valence-corrected chi connectivity index (χ1v) is 6.86. The van der Waals surface area contributed by atoms with Crippen LogP contribution in [0.25, 0.3) is 0 Å². The molecule has 0 saturated carbocycles. The van der Waals surface area contributed by atoms with Gasteiger partial charge in [0.05, 0.1) is 5.69 Å². The highest BCUT2D eigenvalue weighted by molar-refractivity contribution is 5.41. The molecular formula is C16H17FN2O. The summed E-state index contributed by atoms with van der Waals surface area (Å²) in [5, 5.41) is 0. The third-order valence-corrected chi connectivity index (χ3v) is 3.46. The number of anilines is 1. The average Bonchev–Trinajstić information content (AvgIpc) is 2.37. The maximum absolute atomic E-state index is 13.1. The molecule has 3 nitrogen and oxygen atoms in total. The van der Waals surface area contributed by atoms with Crippen molar-refractivity contribution in [2.45, 2.75) is 19.4 Å². The quantitative estimate of drug-likeness (QED) is 0.850. The zero-order valence-electron chi connectivity index (χ0n) is 11.4. The molecule has 1 aromatic heterocycles. The number of hydrogen-bond acceptors (Lipinski definition) is 3. The Hall–Kier alpha value is -2.10. The summed E-state index contributed by atoms with van der Waals surface area (Å²) in [6.07, 6.45) is 1.01. The van der Waals surface area contributed by atoms with Gasteiger partial charge in [-0.2, -0.15) is 0 Å². The zero-order chi connectivity index (χ0) is 13.9. The average molecular weight is 272 g/mol. The molecule has 2 aromatic rings. The van der Waals surface area contributed by atoms with Crippen LogP contribution in [0, 0.1) is 5.82 Å². The van der Waals surface area contributed by atoms with Crippen molar-refractivity contribution < 1.29 is 9.13 Å². The van der Waals surface area contributed by atoms with E-state index in [-0.39, 0.29) is 11.9 Å². The molecule has 1 atom stereocenters.